The molecular formula is C9H9N3O3. The van der Waals surface area contributed by atoms with Crippen molar-refractivity contribution in [1.29, 1.82) is 0 Å². The summed E-state index contributed by atoms with van der Waals surface area (Å²) < 4.78 is 9.59. The number of anilines is 1. The van der Waals surface area contributed by atoms with E-state index in [0.29, 0.717) is 11.5 Å². The molecule has 0 saturated carbocycles. The standard InChI is InChI=1S/C9H9N3O3/c1-5-3-8(15-11-5)10-9(13)7-4-6(2)14-12-7/h3-4H,1-2H3,(H,10,13). The molecular weight excluding hydrogens is 198 g/mol. The molecule has 0 saturated heterocycles. The average molecular weight is 207 g/mol. The van der Waals surface area contributed by atoms with Crippen LogP contribution >= 0.6 is 0 Å². The van der Waals surface area contributed by atoms with Gasteiger partial charge in [0.2, 0.25) is 5.88 Å². The van der Waals surface area contributed by atoms with E-state index in [2.05, 4.69) is 15.6 Å². The number of nitrogens with zero attached hydrogens (tertiary/aromatic N) is 2. The zero-order chi connectivity index (χ0) is 10.8. The molecule has 2 heterocycles. The summed E-state index contributed by atoms with van der Waals surface area (Å²) in [6.45, 7) is 3.47. The van der Waals surface area contributed by atoms with Gasteiger partial charge < -0.3 is 9.05 Å². The van der Waals surface area contributed by atoms with Crippen molar-refractivity contribution in [3.05, 3.63) is 29.3 Å². The molecule has 15 heavy (non-hydrogen) atoms. The second-order valence-electron chi connectivity index (χ2n) is 3.11. The van der Waals surface area contributed by atoms with Gasteiger partial charge in [-0.1, -0.05) is 10.3 Å². The van der Waals surface area contributed by atoms with E-state index in [1.807, 2.05) is 0 Å². The summed E-state index contributed by atoms with van der Waals surface area (Å²) in [4.78, 5) is 11.5. The second kappa shape index (κ2) is 3.56. The minimum atomic E-state index is -0.386. The Kier molecular flexibility index (Phi) is 2.24. The van der Waals surface area contributed by atoms with E-state index < -0.39 is 0 Å². The lowest BCUT2D eigenvalue weighted by molar-refractivity contribution is 0.101. The Morgan fingerprint density at radius 3 is 2.60 bits per heavy atom. The Morgan fingerprint density at radius 2 is 2.07 bits per heavy atom. The van der Waals surface area contributed by atoms with Gasteiger partial charge in [-0.3, -0.25) is 10.1 Å². The van der Waals surface area contributed by atoms with Crippen molar-refractivity contribution >= 4 is 11.8 Å². The first-order valence-electron chi connectivity index (χ1n) is 4.33. The zero-order valence-corrected chi connectivity index (χ0v) is 8.27. The van der Waals surface area contributed by atoms with E-state index in [9.17, 15) is 4.79 Å². The maximum atomic E-state index is 11.5. The van der Waals surface area contributed by atoms with Gasteiger partial charge in [-0.05, 0) is 13.8 Å². The highest BCUT2D eigenvalue weighted by molar-refractivity contribution is 6.01. The van der Waals surface area contributed by atoms with Crippen LogP contribution in [0.3, 0.4) is 0 Å². The molecule has 0 aliphatic rings. The smallest absolute Gasteiger partial charge is 0.280 e. The lowest BCUT2D eigenvalue weighted by atomic mass is 10.3. The first-order valence-corrected chi connectivity index (χ1v) is 4.33. The van der Waals surface area contributed by atoms with Crippen LogP contribution < -0.4 is 5.32 Å². The van der Waals surface area contributed by atoms with Gasteiger partial charge in [-0.2, -0.15) is 0 Å². The third-order valence-electron chi connectivity index (χ3n) is 1.73. The van der Waals surface area contributed by atoms with Crippen LogP contribution in [0.1, 0.15) is 21.9 Å². The van der Waals surface area contributed by atoms with E-state index in [1.54, 1.807) is 26.0 Å². The molecule has 0 unspecified atom stereocenters. The SMILES string of the molecule is Cc1cc(NC(=O)c2cc(C)on2)on1. The van der Waals surface area contributed by atoms with Gasteiger partial charge in [0.25, 0.3) is 5.91 Å². The molecule has 0 atom stereocenters. The van der Waals surface area contributed by atoms with Crippen molar-refractivity contribution in [2.24, 2.45) is 0 Å². The van der Waals surface area contributed by atoms with Crippen molar-refractivity contribution in [2.45, 2.75) is 13.8 Å². The first-order chi connectivity index (χ1) is 7.15. The van der Waals surface area contributed by atoms with E-state index in [1.165, 1.54) is 0 Å². The lowest BCUT2D eigenvalue weighted by Crippen LogP contribution is -2.11. The van der Waals surface area contributed by atoms with Gasteiger partial charge in [-0.25, -0.2) is 0 Å². The number of hydrogen-bond donors (Lipinski definition) is 1. The molecule has 2 aromatic rings. The van der Waals surface area contributed by atoms with Gasteiger partial charge in [-0.15, -0.1) is 0 Å². The van der Waals surface area contributed by atoms with E-state index in [0.717, 1.165) is 0 Å². The van der Waals surface area contributed by atoms with E-state index in [-0.39, 0.29) is 17.5 Å². The second-order valence-corrected chi connectivity index (χ2v) is 3.11. The predicted octanol–water partition coefficient (Wildman–Crippen LogP) is 1.53. The zero-order valence-electron chi connectivity index (χ0n) is 8.27. The third kappa shape index (κ3) is 2.04. The van der Waals surface area contributed by atoms with Gasteiger partial charge in [0.1, 0.15) is 5.76 Å². The lowest BCUT2D eigenvalue weighted by Gasteiger charge is -1.94. The average Bonchev–Trinajstić information content (AvgIpc) is 2.75. The number of rotatable bonds is 2. The number of carbonyl (C=O) groups excluding carboxylic acids is 1. The maximum Gasteiger partial charge on any atom is 0.280 e. The molecule has 0 bridgehead atoms. The molecule has 0 aliphatic heterocycles. The number of carbonyl (C=O) groups is 1. The summed E-state index contributed by atoms with van der Waals surface area (Å²) in [5.74, 6) is 0.482. The number of amides is 1. The van der Waals surface area contributed by atoms with Crippen molar-refractivity contribution in [3.63, 3.8) is 0 Å². The first kappa shape index (κ1) is 9.45. The molecule has 78 valence electrons. The van der Waals surface area contributed by atoms with Crippen LogP contribution in [-0.4, -0.2) is 16.2 Å². The predicted molar refractivity (Wildman–Crippen MR) is 50.4 cm³/mol. The maximum absolute atomic E-state index is 11.5. The van der Waals surface area contributed by atoms with E-state index in [4.69, 9.17) is 9.05 Å². The Hall–Kier alpha value is -2.11. The quantitative estimate of drug-likeness (QED) is 0.807. The van der Waals surface area contributed by atoms with Gasteiger partial charge in [0.15, 0.2) is 5.69 Å². The molecule has 2 rings (SSSR count). The Bertz CT molecular complexity index is 486. The van der Waals surface area contributed by atoms with Gasteiger partial charge >= 0.3 is 0 Å². The van der Waals surface area contributed by atoms with Crippen LogP contribution in [0.5, 0.6) is 0 Å². The Labute approximate surface area is 85.2 Å². The van der Waals surface area contributed by atoms with Crippen LogP contribution in [0.4, 0.5) is 5.88 Å². The summed E-state index contributed by atoms with van der Waals surface area (Å²) in [5.41, 5.74) is 0.906. The molecule has 1 amide bonds. The molecule has 6 heteroatoms. The summed E-state index contributed by atoms with van der Waals surface area (Å²) in [6, 6.07) is 3.16. The normalized spacial score (nSPS) is 10.3. The molecule has 6 nitrogen and oxygen atoms in total. The molecule has 0 fully saturated rings. The fraction of sp³-hybridized carbons (Fsp3) is 0.222. The number of hydrogen-bond acceptors (Lipinski definition) is 5. The number of aromatic nitrogens is 2. The fourth-order valence-electron chi connectivity index (χ4n) is 1.07. The van der Waals surface area contributed by atoms with Gasteiger partial charge in [0, 0.05) is 12.1 Å². The van der Waals surface area contributed by atoms with Crippen molar-refractivity contribution in [1.82, 2.24) is 10.3 Å². The molecule has 1 N–H and O–H groups in total. The van der Waals surface area contributed by atoms with Crippen LogP contribution in [0, 0.1) is 13.8 Å². The highest BCUT2D eigenvalue weighted by Gasteiger charge is 2.12. The molecule has 0 radical (unpaired) electrons. The van der Waals surface area contributed by atoms with Crippen LogP contribution in [-0.2, 0) is 0 Å². The minimum absolute atomic E-state index is 0.210. The molecule has 0 aliphatic carbocycles. The molecule has 0 spiro atoms. The third-order valence-corrected chi connectivity index (χ3v) is 1.73. The van der Waals surface area contributed by atoms with E-state index >= 15 is 0 Å². The summed E-state index contributed by atoms with van der Waals surface area (Å²) in [5, 5.41) is 9.71. The van der Waals surface area contributed by atoms with Gasteiger partial charge in [0.05, 0.1) is 5.69 Å². The summed E-state index contributed by atoms with van der Waals surface area (Å²) in [7, 11) is 0. The number of nitrogens with one attached hydrogen (secondary N) is 1. The van der Waals surface area contributed by atoms with Crippen LogP contribution in [0.2, 0.25) is 0 Å². The highest BCUT2D eigenvalue weighted by Crippen LogP contribution is 2.10. The summed E-state index contributed by atoms with van der Waals surface area (Å²) >= 11 is 0. The number of aryl methyl sites for hydroxylation is 2. The monoisotopic (exact) mass is 207 g/mol. The van der Waals surface area contributed by atoms with Crippen LogP contribution in [0.15, 0.2) is 21.2 Å². The molecule has 2 aromatic heterocycles. The minimum Gasteiger partial charge on any atom is -0.361 e. The summed E-state index contributed by atoms with van der Waals surface area (Å²) in [6.07, 6.45) is 0. The topological polar surface area (TPSA) is 81.2 Å². The Morgan fingerprint density at radius 1 is 1.27 bits per heavy atom. The van der Waals surface area contributed by atoms with Crippen LogP contribution in [0.25, 0.3) is 0 Å². The Balaban J connectivity index is 2.10. The highest BCUT2D eigenvalue weighted by atomic mass is 16.5. The van der Waals surface area contributed by atoms with Crippen molar-refractivity contribution < 1.29 is 13.8 Å². The molecule has 0 aromatic carbocycles. The largest absolute Gasteiger partial charge is 0.361 e. The van der Waals surface area contributed by atoms with Crippen molar-refractivity contribution in [2.75, 3.05) is 5.32 Å². The fourth-order valence-corrected chi connectivity index (χ4v) is 1.07. The van der Waals surface area contributed by atoms with Crippen molar-refractivity contribution in [3.8, 4) is 0 Å².